The second kappa shape index (κ2) is 5.48. The molecule has 1 aromatic heterocycles. The van der Waals surface area contributed by atoms with Gasteiger partial charge in [0.25, 0.3) is 5.91 Å². The van der Waals surface area contributed by atoms with E-state index in [0.29, 0.717) is 11.4 Å². The summed E-state index contributed by atoms with van der Waals surface area (Å²) in [5.41, 5.74) is 1.21. The van der Waals surface area contributed by atoms with Gasteiger partial charge in [-0.25, -0.2) is 9.37 Å². The molecule has 0 radical (unpaired) electrons. The van der Waals surface area contributed by atoms with Gasteiger partial charge in [0.15, 0.2) is 0 Å². The van der Waals surface area contributed by atoms with Gasteiger partial charge in [-0.05, 0) is 53.5 Å². The van der Waals surface area contributed by atoms with Crippen molar-refractivity contribution >= 4 is 27.7 Å². The average Bonchev–Trinajstić information content (AvgIpc) is 2.37. The molecule has 1 amide bonds. The minimum atomic E-state index is -0.506. The van der Waals surface area contributed by atoms with E-state index >= 15 is 0 Å². The van der Waals surface area contributed by atoms with Gasteiger partial charge in [-0.1, -0.05) is 12.1 Å². The fourth-order valence-corrected chi connectivity index (χ4v) is 1.84. The predicted molar refractivity (Wildman–Crippen MR) is 75.8 cm³/mol. The molecule has 2 aromatic rings. The number of aromatic nitrogens is 1. The molecule has 5 heteroatoms. The number of aryl methyl sites for hydroxylation is 2. The van der Waals surface area contributed by atoms with E-state index in [0.717, 1.165) is 10.2 Å². The van der Waals surface area contributed by atoms with Crippen LogP contribution in [0.15, 0.2) is 34.8 Å². The highest BCUT2D eigenvalue weighted by Crippen LogP contribution is 2.18. The van der Waals surface area contributed by atoms with Crippen molar-refractivity contribution in [3.05, 3.63) is 57.4 Å². The fourth-order valence-electron chi connectivity index (χ4n) is 1.62. The Hall–Kier alpha value is -1.75. The van der Waals surface area contributed by atoms with Gasteiger partial charge in [0, 0.05) is 4.47 Å². The third kappa shape index (κ3) is 2.98. The molecule has 1 aromatic carbocycles. The molecule has 98 valence electrons. The number of amides is 1. The summed E-state index contributed by atoms with van der Waals surface area (Å²) in [6.07, 6.45) is 0. The van der Waals surface area contributed by atoms with Crippen LogP contribution in [0.4, 0.5) is 10.2 Å². The summed E-state index contributed by atoms with van der Waals surface area (Å²) in [7, 11) is 0. The molecule has 1 heterocycles. The Bertz CT molecular complexity index is 643. The molecule has 0 aliphatic rings. The molecular formula is C14H12BrFN2O. The quantitative estimate of drug-likeness (QED) is 0.912. The summed E-state index contributed by atoms with van der Waals surface area (Å²) < 4.78 is 14.7. The maximum atomic E-state index is 13.8. The van der Waals surface area contributed by atoms with Crippen molar-refractivity contribution in [2.24, 2.45) is 0 Å². The first-order valence-electron chi connectivity index (χ1n) is 5.68. The van der Waals surface area contributed by atoms with Crippen LogP contribution in [0.2, 0.25) is 0 Å². The molecule has 3 nitrogen and oxygen atoms in total. The fraction of sp³-hybridized carbons (Fsp3) is 0.143. The summed E-state index contributed by atoms with van der Waals surface area (Å²) in [4.78, 5) is 16.2. The number of hydrogen-bond donors (Lipinski definition) is 1. The third-order valence-electron chi connectivity index (χ3n) is 2.70. The normalized spacial score (nSPS) is 10.3. The lowest BCUT2D eigenvalue weighted by Gasteiger charge is -2.08. The second-order valence-electron chi connectivity index (χ2n) is 4.15. The Morgan fingerprint density at radius 2 is 2.00 bits per heavy atom. The van der Waals surface area contributed by atoms with Crippen LogP contribution in [0.1, 0.15) is 21.6 Å². The van der Waals surface area contributed by atoms with Crippen LogP contribution in [0.5, 0.6) is 0 Å². The standard InChI is InChI=1S/C14H12BrFN2O/c1-8-4-3-5-10(13(8)16)14(19)18-12-7-6-11(15)9(2)17-12/h3-7H,1-2H3,(H,17,18,19). The molecule has 19 heavy (non-hydrogen) atoms. The summed E-state index contributed by atoms with van der Waals surface area (Å²) in [5.74, 6) is -0.615. The van der Waals surface area contributed by atoms with Crippen molar-refractivity contribution in [3.63, 3.8) is 0 Å². The van der Waals surface area contributed by atoms with E-state index in [9.17, 15) is 9.18 Å². The number of nitrogens with one attached hydrogen (secondary N) is 1. The van der Waals surface area contributed by atoms with Crippen LogP contribution in [-0.4, -0.2) is 10.9 Å². The largest absolute Gasteiger partial charge is 0.306 e. The van der Waals surface area contributed by atoms with E-state index in [2.05, 4.69) is 26.2 Å². The van der Waals surface area contributed by atoms with Crippen molar-refractivity contribution in [1.29, 1.82) is 0 Å². The van der Waals surface area contributed by atoms with Crippen molar-refractivity contribution in [1.82, 2.24) is 4.98 Å². The van der Waals surface area contributed by atoms with Crippen LogP contribution in [-0.2, 0) is 0 Å². The minimum Gasteiger partial charge on any atom is -0.306 e. The lowest BCUT2D eigenvalue weighted by molar-refractivity contribution is 0.102. The minimum absolute atomic E-state index is 0.0161. The van der Waals surface area contributed by atoms with Crippen LogP contribution >= 0.6 is 15.9 Å². The third-order valence-corrected chi connectivity index (χ3v) is 3.54. The molecule has 1 N–H and O–H groups in total. The molecule has 0 unspecified atom stereocenters. The molecule has 0 atom stereocenters. The number of carbonyl (C=O) groups excluding carboxylic acids is 1. The lowest BCUT2D eigenvalue weighted by atomic mass is 10.1. The molecule has 0 aliphatic carbocycles. The first-order chi connectivity index (χ1) is 8.99. The molecule has 0 saturated heterocycles. The number of halogens is 2. The second-order valence-corrected chi connectivity index (χ2v) is 5.01. The van der Waals surface area contributed by atoms with Crippen molar-refractivity contribution in [2.75, 3.05) is 5.32 Å². The molecule has 0 fully saturated rings. The number of hydrogen-bond acceptors (Lipinski definition) is 2. The predicted octanol–water partition coefficient (Wildman–Crippen LogP) is 3.85. The van der Waals surface area contributed by atoms with E-state index in [1.54, 1.807) is 31.2 Å². The highest BCUT2D eigenvalue weighted by molar-refractivity contribution is 9.10. The maximum Gasteiger partial charge on any atom is 0.259 e. The Morgan fingerprint density at radius 1 is 1.26 bits per heavy atom. The van der Waals surface area contributed by atoms with E-state index in [4.69, 9.17) is 0 Å². The van der Waals surface area contributed by atoms with Gasteiger partial charge in [-0.2, -0.15) is 0 Å². The number of rotatable bonds is 2. The van der Waals surface area contributed by atoms with Gasteiger partial charge >= 0.3 is 0 Å². The van der Waals surface area contributed by atoms with Gasteiger partial charge in [0.2, 0.25) is 0 Å². The molecule has 0 spiro atoms. The van der Waals surface area contributed by atoms with E-state index in [1.165, 1.54) is 6.07 Å². The van der Waals surface area contributed by atoms with Crippen LogP contribution in [0.3, 0.4) is 0 Å². The van der Waals surface area contributed by atoms with Crippen molar-refractivity contribution in [2.45, 2.75) is 13.8 Å². The number of benzene rings is 1. The number of carbonyl (C=O) groups is 1. The summed E-state index contributed by atoms with van der Waals surface area (Å²) in [6, 6.07) is 8.15. The summed E-state index contributed by atoms with van der Waals surface area (Å²) in [5, 5.41) is 2.58. The highest BCUT2D eigenvalue weighted by Gasteiger charge is 2.13. The van der Waals surface area contributed by atoms with Gasteiger partial charge < -0.3 is 5.32 Å². The van der Waals surface area contributed by atoms with Crippen molar-refractivity contribution < 1.29 is 9.18 Å². The van der Waals surface area contributed by atoms with Crippen LogP contribution < -0.4 is 5.32 Å². The SMILES string of the molecule is Cc1cccc(C(=O)Nc2ccc(Br)c(C)n2)c1F. The molecule has 2 rings (SSSR count). The molecule has 0 bridgehead atoms. The maximum absolute atomic E-state index is 13.8. The average molecular weight is 323 g/mol. The monoisotopic (exact) mass is 322 g/mol. The summed E-state index contributed by atoms with van der Waals surface area (Å²) >= 11 is 3.33. The zero-order valence-electron chi connectivity index (χ0n) is 10.5. The van der Waals surface area contributed by atoms with Crippen LogP contribution in [0, 0.1) is 19.7 Å². The Balaban J connectivity index is 2.26. The first-order valence-corrected chi connectivity index (χ1v) is 6.48. The smallest absolute Gasteiger partial charge is 0.259 e. The van der Waals surface area contributed by atoms with Crippen molar-refractivity contribution in [3.8, 4) is 0 Å². The van der Waals surface area contributed by atoms with Gasteiger partial charge in [0.05, 0.1) is 11.3 Å². The van der Waals surface area contributed by atoms with Crippen LogP contribution in [0.25, 0.3) is 0 Å². The van der Waals surface area contributed by atoms with E-state index < -0.39 is 11.7 Å². The number of nitrogens with zero attached hydrogens (tertiary/aromatic N) is 1. The molecule has 0 aliphatic heterocycles. The highest BCUT2D eigenvalue weighted by atomic mass is 79.9. The van der Waals surface area contributed by atoms with Gasteiger partial charge in [0.1, 0.15) is 11.6 Å². The topological polar surface area (TPSA) is 42.0 Å². The Kier molecular flexibility index (Phi) is 3.95. The van der Waals surface area contributed by atoms with Gasteiger partial charge in [-0.15, -0.1) is 0 Å². The van der Waals surface area contributed by atoms with E-state index in [-0.39, 0.29) is 5.56 Å². The zero-order chi connectivity index (χ0) is 14.0. The Labute approximate surface area is 119 Å². The Morgan fingerprint density at radius 3 is 2.68 bits per heavy atom. The number of anilines is 1. The zero-order valence-corrected chi connectivity index (χ0v) is 12.1. The van der Waals surface area contributed by atoms with E-state index in [1.807, 2.05) is 6.92 Å². The summed E-state index contributed by atoms with van der Waals surface area (Å²) in [6.45, 7) is 3.43. The first kappa shape index (κ1) is 13.7. The lowest BCUT2D eigenvalue weighted by Crippen LogP contribution is -2.15. The number of pyridine rings is 1. The molecular weight excluding hydrogens is 311 g/mol. The van der Waals surface area contributed by atoms with Gasteiger partial charge in [-0.3, -0.25) is 4.79 Å². The molecule has 0 saturated carbocycles.